The van der Waals surface area contributed by atoms with Gasteiger partial charge >= 0.3 is 5.97 Å². The number of carbonyl (C=O) groups excluding carboxylic acids is 2. The van der Waals surface area contributed by atoms with E-state index in [2.05, 4.69) is 6.58 Å². The van der Waals surface area contributed by atoms with Crippen LogP contribution in [0.2, 0.25) is 0 Å². The van der Waals surface area contributed by atoms with Crippen molar-refractivity contribution in [2.75, 3.05) is 40.4 Å². The third-order valence-corrected chi connectivity index (χ3v) is 6.04. The van der Waals surface area contributed by atoms with Gasteiger partial charge in [0.1, 0.15) is 5.75 Å². The Morgan fingerprint density at radius 3 is 1.92 bits per heavy atom. The Balaban J connectivity index is 1.68. The molecular formula is C28H27NO8. The van der Waals surface area contributed by atoms with E-state index in [1.807, 2.05) is 0 Å². The van der Waals surface area contributed by atoms with E-state index < -0.39 is 12.0 Å². The monoisotopic (exact) mass is 505 g/mol. The lowest BCUT2D eigenvalue weighted by molar-refractivity contribution is -0.119. The predicted octanol–water partition coefficient (Wildman–Crippen LogP) is 4.59. The van der Waals surface area contributed by atoms with Gasteiger partial charge in [-0.15, -0.1) is 0 Å². The van der Waals surface area contributed by atoms with Crippen LogP contribution in [0.5, 0.6) is 34.5 Å². The van der Waals surface area contributed by atoms with E-state index in [0.29, 0.717) is 51.1 Å². The number of esters is 1. The normalized spacial score (nSPS) is 14.5. The van der Waals surface area contributed by atoms with Gasteiger partial charge in [0, 0.05) is 17.7 Å². The smallest absolute Gasteiger partial charge is 0.343 e. The van der Waals surface area contributed by atoms with Crippen LogP contribution in [0.1, 0.15) is 22.0 Å². The van der Waals surface area contributed by atoms with Gasteiger partial charge in [-0.25, -0.2) is 4.79 Å². The minimum Gasteiger partial charge on any atom is -0.497 e. The Kier molecular flexibility index (Phi) is 7.24. The lowest BCUT2D eigenvalue weighted by Gasteiger charge is -2.42. The molecule has 1 amide bonds. The van der Waals surface area contributed by atoms with Gasteiger partial charge in [0.05, 0.1) is 52.8 Å². The molecule has 192 valence electrons. The van der Waals surface area contributed by atoms with Crippen molar-refractivity contribution in [3.8, 4) is 34.5 Å². The highest BCUT2D eigenvalue weighted by atomic mass is 16.6. The summed E-state index contributed by atoms with van der Waals surface area (Å²) in [4.78, 5) is 27.3. The molecule has 0 spiro atoms. The number of β-lactam (4-membered cyclic amide) rings is 1. The Hall–Kier alpha value is -4.66. The maximum Gasteiger partial charge on any atom is 0.343 e. The fourth-order valence-corrected chi connectivity index (χ4v) is 4.13. The number of nitrogens with zero attached hydrogens (tertiary/aromatic N) is 1. The number of rotatable bonds is 9. The molecule has 1 saturated heterocycles. The molecule has 0 radical (unpaired) electrons. The third-order valence-electron chi connectivity index (χ3n) is 6.04. The second-order valence-corrected chi connectivity index (χ2v) is 8.01. The second kappa shape index (κ2) is 10.5. The van der Waals surface area contributed by atoms with Crippen molar-refractivity contribution in [1.82, 2.24) is 0 Å². The number of hydrogen-bond acceptors (Lipinski definition) is 8. The highest BCUT2D eigenvalue weighted by Gasteiger charge is 2.43. The highest BCUT2D eigenvalue weighted by Crippen LogP contribution is 2.48. The Morgan fingerprint density at radius 2 is 1.38 bits per heavy atom. The molecule has 1 fully saturated rings. The largest absolute Gasteiger partial charge is 0.497 e. The van der Waals surface area contributed by atoms with Gasteiger partial charge in [0.15, 0.2) is 23.0 Å². The van der Waals surface area contributed by atoms with Crippen molar-refractivity contribution in [2.45, 2.75) is 6.04 Å². The van der Waals surface area contributed by atoms with E-state index in [4.69, 9.17) is 28.4 Å². The highest BCUT2D eigenvalue weighted by molar-refractivity contribution is 6.15. The van der Waals surface area contributed by atoms with Crippen LogP contribution in [-0.4, -0.2) is 47.4 Å². The Labute approximate surface area is 214 Å². The van der Waals surface area contributed by atoms with E-state index in [1.54, 1.807) is 66.6 Å². The molecule has 1 unspecified atom stereocenters. The van der Waals surface area contributed by atoms with Crippen molar-refractivity contribution in [3.05, 3.63) is 77.9 Å². The molecule has 9 nitrogen and oxygen atoms in total. The summed E-state index contributed by atoms with van der Waals surface area (Å²) in [5, 5.41) is 0. The molecule has 3 aromatic rings. The van der Waals surface area contributed by atoms with Gasteiger partial charge in [0.2, 0.25) is 5.75 Å². The summed E-state index contributed by atoms with van der Waals surface area (Å²) in [6.45, 7) is 3.96. The third kappa shape index (κ3) is 4.63. The molecule has 0 aliphatic carbocycles. The molecule has 4 rings (SSSR count). The maximum absolute atomic E-state index is 12.9. The van der Waals surface area contributed by atoms with E-state index in [0.717, 1.165) is 0 Å². The fourth-order valence-electron chi connectivity index (χ4n) is 4.13. The molecule has 37 heavy (non-hydrogen) atoms. The van der Waals surface area contributed by atoms with Crippen molar-refractivity contribution in [3.63, 3.8) is 0 Å². The quantitative estimate of drug-likeness (QED) is 0.180. The maximum atomic E-state index is 12.9. The van der Waals surface area contributed by atoms with Crippen LogP contribution in [0.4, 0.5) is 5.69 Å². The molecule has 1 atom stereocenters. The van der Waals surface area contributed by atoms with Gasteiger partial charge in [-0.1, -0.05) is 12.6 Å². The molecule has 3 aromatic carbocycles. The summed E-state index contributed by atoms with van der Waals surface area (Å²) < 4.78 is 32.5. The fraction of sp³-hybridized carbons (Fsp3) is 0.214. The molecule has 0 N–H and O–H groups in total. The van der Waals surface area contributed by atoms with Crippen LogP contribution >= 0.6 is 0 Å². The number of anilines is 1. The summed E-state index contributed by atoms with van der Waals surface area (Å²) in [5.74, 6) is 1.59. The van der Waals surface area contributed by atoms with Crippen LogP contribution in [0.3, 0.4) is 0 Å². The van der Waals surface area contributed by atoms with Crippen molar-refractivity contribution in [2.24, 2.45) is 0 Å². The first-order chi connectivity index (χ1) is 17.9. The standard InChI is InChI=1S/C28H27NO8/c1-16-25(29(27(16)30)19-14-23(34-4)26(36-6)24(15-19)35-5)18-9-12-21(33-3)22(13-18)37-28(31)17-7-10-20(32-2)11-8-17/h7-15,25H,1H2,2-6H3. The van der Waals surface area contributed by atoms with Crippen LogP contribution in [0, 0.1) is 0 Å². The minimum atomic E-state index is -0.567. The lowest BCUT2D eigenvalue weighted by atomic mass is 9.88. The zero-order chi connectivity index (χ0) is 26.7. The van der Waals surface area contributed by atoms with E-state index in [9.17, 15) is 9.59 Å². The van der Waals surface area contributed by atoms with Crippen molar-refractivity contribution < 1.29 is 38.0 Å². The van der Waals surface area contributed by atoms with Gasteiger partial charge in [-0.05, 0) is 42.0 Å². The molecule has 1 aliphatic rings. The van der Waals surface area contributed by atoms with Gasteiger partial charge in [-0.2, -0.15) is 0 Å². The van der Waals surface area contributed by atoms with E-state index >= 15 is 0 Å². The van der Waals surface area contributed by atoms with Crippen LogP contribution in [0.15, 0.2) is 66.7 Å². The van der Waals surface area contributed by atoms with Crippen LogP contribution in [-0.2, 0) is 4.79 Å². The van der Waals surface area contributed by atoms with Gasteiger partial charge in [0.25, 0.3) is 5.91 Å². The first kappa shape index (κ1) is 25.4. The Morgan fingerprint density at radius 1 is 0.757 bits per heavy atom. The van der Waals surface area contributed by atoms with E-state index in [1.165, 1.54) is 28.4 Å². The molecule has 0 aromatic heterocycles. The minimum absolute atomic E-state index is 0.206. The SMILES string of the molecule is C=C1C(=O)N(c2cc(OC)c(OC)c(OC)c2)C1c1ccc(OC)c(OC(=O)c2ccc(OC)cc2)c1. The number of ether oxygens (including phenoxy) is 6. The molecule has 1 aliphatic heterocycles. The van der Waals surface area contributed by atoms with Crippen molar-refractivity contribution in [1.29, 1.82) is 0 Å². The number of benzene rings is 3. The van der Waals surface area contributed by atoms with E-state index in [-0.39, 0.29) is 11.7 Å². The zero-order valence-corrected chi connectivity index (χ0v) is 21.2. The summed E-state index contributed by atoms with van der Waals surface area (Å²) in [6, 6.07) is 14.5. The van der Waals surface area contributed by atoms with Crippen LogP contribution < -0.4 is 33.3 Å². The number of hydrogen-bond donors (Lipinski definition) is 0. The molecule has 0 bridgehead atoms. The number of amides is 1. The summed E-state index contributed by atoms with van der Waals surface area (Å²) in [5.41, 5.74) is 1.93. The molecule has 0 saturated carbocycles. The number of carbonyl (C=O) groups is 2. The number of methoxy groups -OCH3 is 5. The second-order valence-electron chi connectivity index (χ2n) is 8.01. The average Bonchev–Trinajstić information content (AvgIpc) is 2.94. The average molecular weight is 506 g/mol. The molecule has 9 heteroatoms. The van der Waals surface area contributed by atoms with Crippen molar-refractivity contribution >= 4 is 17.6 Å². The lowest BCUT2D eigenvalue weighted by Crippen LogP contribution is -2.48. The summed E-state index contributed by atoms with van der Waals surface area (Å²) in [7, 11) is 7.54. The van der Waals surface area contributed by atoms with Gasteiger partial charge in [-0.3, -0.25) is 9.69 Å². The first-order valence-electron chi connectivity index (χ1n) is 11.2. The van der Waals surface area contributed by atoms with Crippen LogP contribution in [0.25, 0.3) is 0 Å². The zero-order valence-electron chi connectivity index (χ0n) is 21.2. The predicted molar refractivity (Wildman–Crippen MR) is 136 cm³/mol. The van der Waals surface area contributed by atoms with Gasteiger partial charge < -0.3 is 28.4 Å². The molecule has 1 heterocycles. The summed E-state index contributed by atoms with van der Waals surface area (Å²) >= 11 is 0. The topological polar surface area (TPSA) is 92.8 Å². The first-order valence-corrected chi connectivity index (χ1v) is 11.2. The summed E-state index contributed by atoms with van der Waals surface area (Å²) in [6.07, 6.45) is 0. The Bertz CT molecular complexity index is 1320. The molecular weight excluding hydrogens is 478 g/mol.